The molecule has 8 nitrogen and oxygen atoms in total. The molecule has 1 fully saturated rings. The van der Waals surface area contributed by atoms with Crippen molar-refractivity contribution in [3.8, 4) is 0 Å². The number of nitrogens with one attached hydrogen (secondary N) is 1. The van der Waals surface area contributed by atoms with Gasteiger partial charge in [-0.25, -0.2) is 0 Å². The smallest absolute Gasteiger partial charge is 0.278 e. The summed E-state index contributed by atoms with van der Waals surface area (Å²) in [5.74, 6) is 1.39. The number of piperidine rings is 1. The number of fused-ring (bicyclic) bond motifs is 1. The van der Waals surface area contributed by atoms with Gasteiger partial charge in [0.25, 0.3) is 5.56 Å². The highest BCUT2D eigenvalue weighted by molar-refractivity contribution is 5.75. The minimum Gasteiger partial charge on any atom is -0.343 e. The van der Waals surface area contributed by atoms with Crippen LogP contribution in [-0.4, -0.2) is 51.7 Å². The van der Waals surface area contributed by atoms with Gasteiger partial charge in [0.05, 0.1) is 0 Å². The van der Waals surface area contributed by atoms with E-state index in [1.807, 2.05) is 30.2 Å². The normalized spacial score (nSPS) is 18.3. The standard InChI is InChI=1S/C16H27N7O/c1-4-21(5-2)15-18-13-12(14(24)20-15)23(6-3)16(19-13)22-9-7-8-11(17)10-22/h11H,4-10,17H2,1-3H3,(H,18,20,24). The minimum atomic E-state index is -0.135. The van der Waals surface area contributed by atoms with Crippen LogP contribution >= 0.6 is 0 Å². The van der Waals surface area contributed by atoms with Crippen LogP contribution in [0.25, 0.3) is 11.2 Å². The molecular formula is C16H27N7O. The van der Waals surface area contributed by atoms with Crippen LogP contribution in [0, 0.1) is 0 Å². The molecule has 1 atom stereocenters. The fourth-order valence-corrected chi connectivity index (χ4v) is 3.43. The summed E-state index contributed by atoms with van der Waals surface area (Å²) < 4.78 is 1.95. The summed E-state index contributed by atoms with van der Waals surface area (Å²) in [7, 11) is 0. The first-order valence-corrected chi connectivity index (χ1v) is 8.85. The Balaban J connectivity index is 2.11. The van der Waals surface area contributed by atoms with Crippen LogP contribution in [0.5, 0.6) is 0 Å². The van der Waals surface area contributed by atoms with Gasteiger partial charge in [0.2, 0.25) is 11.9 Å². The molecule has 0 radical (unpaired) electrons. The SMILES string of the molecule is CCN(CC)c1nc2nc(N3CCCC(N)C3)n(CC)c2c(=O)[nH]1. The Morgan fingerprint density at radius 2 is 2.04 bits per heavy atom. The number of aromatic nitrogens is 4. The summed E-state index contributed by atoms with van der Waals surface area (Å²) in [6, 6.07) is 0.154. The average Bonchev–Trinajstić information content (AvgIpc) is 2.95. The topological polar surface area (TPSA) is 96.1 Å². The molecule has 3 heterocycles. The lowest BCUT2D eigenvalue weighted by Crippen LogP contribution is -2.44. The number of aromatic amines is 1. The summed E-state index contributed by atoms with van der Waals surface area (Å²) >= 11 is 0. The molecule has 2 aromatic rings. The number of hydrogen-bond donors (Lipinski definition) is 2. The van der Waals surface area contributed by atoms with E-state index in [9.17, 15) is 4.79 Å². The number of hydrogen-bond acceptors (Lipinski definition) is 6. The van der Waals surface area contributed by atoms with Gasteiger partial charge in [0.15, 0.2) is 11.2 Å². The Labute approximate surface area is 141 Å². The molecule has 1 aliphatic heterocycles. The first-order valence-electron chi connectivity index (χ1n) is 8.85. The highest BCUT2D eigenvalue weighted by Gasteiger charge is 2.24. The third-order valence-corrected chi connectivity index (χ3v) is 4.70. The maximum Gasteiger partial charge on any atom is 0.278 e. The van der Waals surface area contributed by atoms with Crippen molar-refractivity contribution in [2.45, 2.75) is 46.2 Å². The molecule has 3 N–H and O–H groups in total. The largest absolute Gasteiger partial charge is 0.343 e. The molecule has 0 saturated carbocycles. The molecule has 24 heavy (non-hydrogen) atoms. The van der Waals surface area contributed by atoms with E-state index in [1.54, 1.807) is 0 Å². The fourth-order valence-electron chi connectivity index (χ4n) is 3.43. The number of anilines is 2. The predicted octanol–water partition coefficient (Wildman–Crippen LogP) is 0.913. The predicted molar refractivity (Wildman–Crippen MR) is 96.8 cm³/mol. The third kappa shape index (κ3) is 2.86. The van der Waals surface area contributed by atoms with Crippen molar-refractivity contribution in [1.82, 2.24) is 19.5 Å². The summed E-state index contributed by atoms with van der Waals surface area (Å²) in [6.45, 7) is 10.0. The number of H-pyrrole nitrogens is 1. The van der Waals surface area contributed by atoms with Crippen molar-refractivity contribution < 1.29 is 0 Å². The Bertz CT molecular complexity index is 762. The molecular weight excluding hydrogens is 306 g/mol. The molecule has 0 amide bonds. The van der Waals surface area contributed by atoms with E-state index in [1.165, 1.54) is 0 Å². The van der Waals surface area contributed by atoms with Gasteiger partial charge in [0.1, 0.15) is 0 Å². The summed E-state index contributed by atoms with van der Waals surface area (Å²) in [5, 5.41) is 0. The maximum absolute atomic E-state index is 12.6. The maximum atomic E-state index is 12.6. The van der Waals surface area contributed by atoms with E-state index in [0.29, 0.717) is 23.7 Å². The summed E-state index contributed by atoms with van der Waals surface area (Å²) in [6.07, 6.45) is 2.08. The van der Waals surface area contributed by atoms with Crippen molar-refractivity contribution in [2.75, 3.05) is 36.0 Å². The van der Waals surface area contributed by atoms with Crippen molar-refractivity contribution >= 4 is 23.1 Å². The lowest BCUT2D eigenvalue weighted by Gasteiger charge is -2.31. The molecule has 132 valence electrons. The summed E-state index contributed by atoms with van der Waals surface area (Å²) in [5.41, 5.74) is 7.03. The molecule has 0 bridgehead atoms. The fraction of sp³-hybridized carbons (Fsp3) is 0.688. The van der Waals surface area contributed by atoms with Gasteiger partial charge in [-0.3, -0.25) is 9.78 Å². The van der Waals surface area contributed by atoms with Crippen molar-refractivity contribution in [2.24, 2.45) is 5.73 Å². The van der Waals surface area contributed by atoms with Crippen LogP contribution < -0.4 is 21.1 Å². The Morgan fingerprint density at radius 1 is 1.29 bits per heavy atom. The van der Waals surface area contributed by atoms with Gasteiger partial charge >= 0.3 is 0 Å². The lowest BCUT2D eigenvalue weighted by atomic mass is 10.1. The molecule has 1 aliphatic rings. The molecule has 3 rings (SSSR count). The highest BCUT2D eigenvalue weighted by atomic mass is 16.1. The van der Waals surface area contributed by atoms with Gasteiger partial charge in [-0.05, 0) is 33.6 Å². The van der Waals surface area contributed by atoms with Crippen LogP contribution in [0.4, 0.5) is 11.9 Å². The molecule has 0 spiro atoms. The van der Waals surface area contributed by atoms with Crippen LogP contribution in [0.15, 0.2) is 4.79 Å². The van der Waals surface area contributed by atoms with Gasteiger partial charge in [-0.15, -0.1) is 0 Å². The number of nitrogens with two attached hydrogens (primary N) is 1. The molecule has 0 aromatic carbocycles. The first kappa shape index (κ1) is 16.8. The Hall–Kier alpha value is -2.09. The zero-order chi connectivity index (χ0) is 17.3. The molecule has 8 heteroatoms. The zero-order valence-electron chi connectivity index (χ0n) is 14.7. The second-order valence-electron chi connectivity index (χ2n) is 6.24. The Kier molecular flexibility index (Phi) is 4.75. The van der Waals surface area contributed by atoms with Gasteiger partial charge in [0, 0.05) is 38.8 Å². The molecule has 1 saturated heterocycles. The number of rotatable bonds is 5. The lowest BCUT2D eigenvalue weighted by molar-refractivity contribution is 0.494. The van der Waals surface area contributed by atoms with Gasteiger partial charge < -0.3 is 20.1 Å². The average molecular weight is 333 g/mol. The second-order valence-corrected chi connectivity index (χ2v) is 6.24. The first-order chi connectivity index (χ1) is 11.6. The van der Waals surface area contributed by atoms with Crippen LogP contribution in [-0.2, 0) is 6.54 Å². The second kappa shape index (κ2) is 6.80. The monoisotopic (exact) mass is 333 g/mol. The number of imidazole rings is 1. The zero-order valence-corrected chi connectivity index (χ0v) is 14.7. The van der Waals surface area contributed by atoms with E-state index in [-0.39, 0.29) is 11.6 Å². The Morgan fingerprint density at radius 3 is 2.67 bits per heavy atom. The highest BCUT2D eigenvalue weighted by Crippen LogP contribution is 2.23. The van der Waals surface area contributed by atoms with Crippen LogP contribution in [0.2, 0.25) is 0 Å². The van der Waals surface area contributed by atoms with Crippen LogP contribution in [0.1, 0.15) is 33.6 Å². The minimum absolute atomic E-state index is 0.135. The quantitative estimate of drug-likeness (QED) is 0.844. The van der Waals surface area contributed by atoms with E-state index < -0.39 is 0 Å². The molecule has 1 unspecified atom stereocenters. The number of aryl methyl sites for hydroxylation is 1. The van der Waals surface area contributed by atoms with E-state index in [4.69, 9.17) is 5.73 Å². The summed E-state index contributed by atoms with van der Waals surface area (Å²) in [4.78, 5) is 29.0. The van der Waals surface area contributed by atoms with E-state index in [2.05, 4.69) is 19.9 Å². The van der Waals surface area contributed by atoms with Gasteiger partial charge in [-0.1, -0.05) is 0 Å². The van der Waals surface area contributed by atoms with Crippen LogP contribution in [0.3, 0.4) is 0 Å². The van der Waals surface area contributed by atoms with Gasteiger partial charge in [-0.2, -0.15) is 9.97 Å². The molecule has 0 aliphatic carbocycles. The molecule has 2 aromatic heterocycles. The van der Waals surface area contributed by atoms with Crippen molar-refractivity contribution in [3.05, 3.63) is 10.4 Å². The van der Waals surface area contributed by atoms with Crippen molar-refractivity contribution in [1.29, 1.82) is 0 Å². The third-order valence-electron chi connectivity index (χ3n) is 4.70. The van der Waals surface area contributed by atoms with Crippen molar-refractivity contribution in [3.63, 3.8) is 0 Å². The van der Waals surface area contributed by atoms with E-state index >= 15 is 0 Å². The number of nitrogens with zero attached hydrogens (tertiary/aromatic N) is 5. The van der Waals surface area contributed by atoms with E-state index in [0.717, 1.165) is 45.0 Å².